The van der Waals surface area contributed by atoms with E-state index in [2.05, 4.69) is 231 Å². The van der Waals surface area contributed by atoms with Crippen molar-refractivity contribution in [3.05, 3.63) is 223 Å². The van der Waals surface area contributed by atoms with Crippen molar-refractivity contribution in [1.82, 2.24) is 0 Å². The van der Waals surface area contributed by atoms with Gasteiger partial charge in [0.15, 0.2) is 0 Å². The van der Waals surface area contributed by atoms with Crippen LogP contribution in [0.3, 0.4) is 0 Å². The van der Waals surface area contributed by atoms with Crippen molar-refractivity contribution in [2.24, 2.45) is 0 Å². The van der Waals surface area contributed by atoms with Crippen molar-refractivity contribution in [1.29, 1.82) is 0 Å². The van der Waals surface area contributed by atoms with Gasteiger partial charge in [-0.25, -0.2) is 0 Å². The molecular weight excluding hydrogens is 699 g/mol. The first-order valence-electron chi connectivity index (χ1n) is 20.3. The highest BCUT2D eigenvalue weighted by Crippen LogP contribution is 2.54. The fourth-order valence-corrected chi connectivity index (χ4v) is 9.65. The maximum Gasteiger partial charge on any atom is 0.0540 e. The molecule has 1 aliphatic carbocycles. The van der Waals surface area contributed by atoms with Crippen LogP contribution in [0.25, 0.3) is 76.8 Å². The normalized spacial score (nSPS) is 12.8. The fraction of sp³-hybridized carbons (Fsp3) is 0.0526. The molecule has 58 heavy (non-hydrogen) atoms. The van der Waals surface area contributed by atoms with Crippen molar-refractivity contribution >= 4 is 49.4 Å². The Kier molecular flexibility index (Phi) is 7.91. The number of hydrogen-bond acceptors (Lipinski definition) is 1. The predicted molar refractivity (Wildman–Crippen MR) is 248 cm³/mol. The van der Waals surface area contributed by atoms with Crippen LogP contribution in [0.2, 0.25) is 0 Å². The van der Waals surface area contributed by atoms with Gasteiger partial charge in [0.1, 0.15) is 0 Å². The lowest BCUT2D eigenvalue weighted by Gasteiger charge is -2.29. The van der Waals surface area contributed by atoms with Gasteiger partial charge in [-0.1, -0.05) is 190 Å². The predicted octanol–water partition coefficient (Wildman–Crippen LogP) is 15.9. The lowest BCUT2D eigenvalue weighted by molar-refractivity contribution is 0.660. The SMILES string of the molecule is CC1(C)c2ccccc2-c2c(-c3ccccc3N(c3ccc(-c4cccc5ccccc45)cc3)c3ccc(-c4cc5ccccc5c5ccccc45)cc3)cccc21. The topological polar surface area (TPSA) is 3.24 Å². The number of para-hydroxylation sites is 1. The number of hydrogen-bond donors (Lipinski definition) is 0. The van der Waals surface area contributed by atoms with E-state index in [9.17, 15) is 0 Å². The molecule has 0 radical (unpaired) electrons. The van der Waals surface area contributed by atoms with Crippen molar-refractivity contribution in [3.8, 4) is 44.5 Å². The van der Waals surface area contributed by atoms with Crippen LogP contribution in [0.5, 0.6) is 0 Å². The van der Waals surface area contributed by atoms with Crippen molar-refractivity contribution in [2.45, 2.75) is 19.3 Å². The maximum absolute atomic E-state index is 2.44. The number of rotatable bonds is 6. The first kappa shape index (κ1) is 34.1. The zero-order valence-corrected chi connectivity index (χ0v) is 32.7. The third-order valence-electron chi connectivity index (χ3n) is 12.5. The number of nitrogens with zero attached hydrogens (tertiary/aromatic N) is 1. The van der Waals surface area contributed by atoms with Crippen LogP contribution in [0, 0.1) is 0 Å². The molecule has 0 N–H and O–H groups in total. The van der Waals surface area contributed by atoms with Crippen LogP contribution >= 0.6 is 0 Å². The molecule has 1 aliphatic rings. The van der Waals surface area contributed by atoms with Gasteiger partial charge in [-0.2, -0.15) is 0 Å². The summed E-state index contributed by atoms with van der Waals surface area (Å²) in [7, 11) is 0. The van der Waals surface area contributed by atoms with E-state index in [-0.39, 0.29) is 5.41 Å². The molecule has 274 valence electrons. The molecule has 10 aromatic carbocycles. The van der Waals surface area contributed by atoms with E-state index in [1.807, 2.05) is 0 Å². The van der Waals surface area contributed by atoms with E-state index in [1.165, 1.54) is 88.0 Å². The van der Waals surface area contributed by atoms with E-state index in [1.54, 1.807) is 0 Å². The average Bonchev–Trinajstić information content (AvgIpc) is 3.52. The molecule has 0 heterocycles. The molecule has 0 fully saturated rings. The third-order valence-corrected chi connectivity index (χ3v) is 12.5. The summed E-state index contributed by atoms with van der Waals surface area (Å²) in [6.45, 7) is 4.72. The Labute approximate surface area is 340 Å². The minimum absolute atomic E-state index is 0.0865. The summed E-state index contributed by atoms with van der Waals surface area (Å²) in [5.74, 6) is 0. The smallest absolute Gasteiger partial charge is 0.0540 e. The summed E-state index contributed by atoms with van der Waals surface area (Å²) in [5.41, 5.74) is 16.0. The molecule has 0 bridgehead atoms. The molecule has 11 rings (SSSR count). The summed E-state index contributed by atoms with van der Waals surface area (Å²) in [6, 6.07) is 78.2. The first-order valence-corrected chi connectivity index (χ1v) is 20.3. The van der Waals surface area contributed by atoms with Crippen LogP contribution in [0.15, 0.2) is 212 Å². The van der Waals surface area contributed by atoms with Crippen molar-refractivity contribution < 1.29 is 0 Å². The molecule has 0 aromatic heterocycles. The largest absolute Gasteiger partial charge is 0.310 e. The number of benzene rings is 10. The summed E-state index contributed by atoms with van der Waals surface area (Å²) in [6.07, 6.45) is 0. The average molecular weight is 740 g/mol. The quantitative estimate of drug-likeness (QED) is 0.154. The minimum atomic E-state index is -0.0865. The van der Waals surface area contributed by atoms with Gasteiger partial charge in [-0.15, -0.1) is 0 Å². The van der Waals surface area contributed by atoms with Gasteiger partial charge in [0, 0.05) is 22.4 Å². The molecule has 0 spiro atoms. The van der Waals surface area contributed by atoms with Crippen molar-refractivity contribution in [2.75, 3.05) is 4.90 Å². The van der Waals surface area contributed by atoms with Gasteiger partial charge in [-0.3, -0.25) is 0 Å². The lowest BCUT2D eigenvalue weighted by Crippen LogP contribution is -2.14. The summed E-state index contributed by atoms with van der Waals surface area (Å²) < 4.78 is 0. The monoisotopic (exact) mass is 739 g/mol. The van der Waals surface area contributed by atoms with Crippen LogP contribution in [-0.2, 0) is 5.41 Å². The van der Waals surface area contributed by atoms with Crippen LogP contribution < -0.4 is 4.90 Å². The van der Waals surface area contributed by atoms with Crippen LogP contribution in [0.1, 0.15) is 25.0 Å². The highest BCUT2D eigenvalue weighted by Gasteiger charge is 2.37. The molecule has 0 saturated heterocycles. The van der Waals surface area contributed by atoms with E-state index < -0.39 is 0 Å². The maximum atomic E-state index is 2.44. The second kappa shape index (κ2) is 13.5. The van der Waals surface area contributed by atoms with Gasteiger partial charge in [0.25, 0.3) is 0 Å². The number of anilines is 3. The van der Waals surface area contributed by atoms with E-state index >= 15 is 0 Å². The summed E-state index contributed by atoms with van der Waals surface area (Å²) >= 11 is 0. The minimum Gasteiger partial charge on any atom is -0.310 e. The molecule has 0 amide bonds. The molecule has 0 unspecified atom stereocenters. The van der Waals surface area contributed by atoms with Crippen LogP contribution in [0.4, 0.5) is 17.1 Å². The van der Waals surface area contributed by atoms with E-state index in [4.69, 9.17) is 0 Å². The Morgan fingerprint density at radius 1 is 0.328 bits per heavy atom. The zero-order chi connectivity index (χ0) is 38.8. The summed E-state index contributed by atoms with van der Waals surface area (Å²) in [5, 5.41) is 7.59. The summed E-state index contributed by atoms with van der Waals surface area (Å²) in [4.78, 5) is 2.44. The van der Waals surface area contributed by atoms with Gasteiger partial charge in [0.2, 0.25) is 0 Å². The van der Waals surface area contributed by atoms with Gasteiger partial charge in [0.05, 0.1) is 5.69 Å². The lowest BCUT2D eigenvalue weighted by atomic mass is 9.82. The van der Waals surface area contributed by atoms with Crippen LogP contribution in [-0.4, -0.2) is 0 Å². The van der Waals surface area contributed by atoms with E-state index in [0.717, 1.165) is 17.1 Å². The molecule has 0 saturated carbocycles. The highest BCUT2D eigenvalue weighted by molar-refractivity contribution is 6.14. The number of fused-ring (bicyclic) bond motifs is 7. The van der Waals surface area contributed by atoms with Gasteiger partial charge < -0.3 is 4.90 Å². The Morgan fingerprint density at radius 3 is 1.59 bits per heavy atom. The molecule has 1 heteroatoms. The van der Waals surface area contributed by atoms with Gasteiger partial charge >= 0.3 is 0 Å². The second-order valence-corrected chi connectivity index (χ2v) is 16.1. The molecule has 1 nitrogen and oxygen atoms in total. The Hall–Kier alpha value is -7.22. The molecule has 10 aromatic rings. The van der Waals surface area contributed by atoms with E-state index in [0.29, 0.717) is 0 Å². The molecular formula is C57H41N. The Bertz CT molecular complexity index is 3180. The van der Waals surface area contributed by atoms with Crippen molar-refractivity contribution in [3.63, 3.8) is 0 Å². The third kappa shape index (κ3) is 5.39. The fourth-order valence-electron chi connectivity index (χ4n) is 9.65. The second-order valence-electron chi connectivity index (χ2n) is 16.1. The Morgan fingerprint density at radius 2 is 0.828 bits per heavy atom. The molecule has 0 aliphatic heterocycles. The zero-order valence-electron chi connectivity index (χ0n) is 32.7. The highest BCUT2D eigenvalue weighted by atomic mass is 15.1. The molecule has 0 atom stereocenters. The standard InChI is InChI=1S/C57H41N/c1-57(2)53-26-11-9-23-51(53)56-50(25-14-27-54(56)57)49-22-10-12-28-55(49)58(42-33-29-39(30-34-42)45-24-13-17-38-15-3-5-18-44(38)45)43-35-31-40(32-36-43)52-37-41-16-4-6-19-46(41)47-20-7-8-21-48(47)52/h3-37H,1-2H3. The first-order chi connectivity index (χ1) is 28.5. The van der Waals surface area contributed by atoms with Gasteiger partial charge in [-0.05, 0) is 119 Å². The Balaban J connectivity index is 1.09.